The highest BCUT2D eigenvalue weighted by Gasteiger charge is 2.06. The summed E-state index contributed by atoms with van der Waals surface area (Å²) in [6, 6.07) is 13.0. The third-order valence-electron chi connectivity index (χ3n) is 2.61. The highest BCUT2D eigenvalue weighted by molar-refractivity contribution is 5.96. The summed E-state index contributed by atoms with van der Waals surface area (Å²) in [5, 5.41) is 16.2. The van der Waals surface area contributed by atoms with Crippen LogP contribution in [0.3, 0.4) is 0 Å². The van der Waals surface area contributed by atoms with Crippen LogP contribution in [0.1, 0.15) is 5.56 Å². The first kappa shape index (κ1) is 15.0. The molecule has 2 aromatic rings. The Hall–Kier alpha value is -3.40. The Balaban J connectivity index is 1.77. The summed E-state index contributed by atoms with van der Waals surface area (Å²) in [7, 11) is 0. The second-order valence-electron chi connectivity index (χ2n) is 4.26. The molecule has 0 fully saturated rings. The van der Waals surface area contributed by atoms with Crippen molar-refractivity contribution in [3.8, 4) is 6.07 Å². The maximum Gasteiger partial charge on any atom is 0.319 e. The fourth-order valence-electron chi connectivity index (χ4n) is 1.59. The number of nitrogens with zero attached hydrogens (tertiary/aromatic N) is 2. The van der Waals surface area contributed by atoms with Gasteiger partial charge in [0.05, 0.1) is 18.2 Å². The highest BCUT2D eigenvalue weighted by Crippen LogP contribution is 2.08. The van der Waals surface area contributed by atoms with E-state index >= 15 is 0 Å². The van der Waals surface area contributed by atoms with Crippen LogP contribution < -0.4 is 16.0 Å². The fourth-order valence-corrected chi connectivity index (χ4v) is 1.59. The normalized spacial score (nSPS) is 9.41. The van der Waals surface area contributed by atoms with E-state index < -0.39 is 6.03 Å². The number of carbonyl (C=O) groups is 2. The number of nitriles is 1. The zero-order chi connectivity index (χ0) is 15.8. The average molecular weight is 295 g/mol. The van der Waals surface area contributed by atoms with Crippen molar-refractivity contribution in [3.63, 3.8) is 0 Å². The molecule has 0 saturated heterocycles. The first-order valence-corrected chi connectivity index (χ1v) is 6.43. The van der Waals surface area contributed by atoms with E-state index in [0.717, 1.165) is 0 Å². The zero-order valence-corrected chi connectivity index (χ0v) is 11.5. The monoisotopic (exact) mass is 295 g/mol. The fraction of sp³-hybridized carbons (Fsp3) is 0.0667. The van der Waals surface area contributed by atoms with Gasteiger partial charge in [-0.15, -0.1) is 0 Å². The van der Waals surface area contributed by atoms with Crippen LogP contribution in [0.25, 0.3) is 0 Å². The van der Waals surface area contributed by atoms with E-state index in [0.29, 0.717) is 17.1 Å². The molecule has 0 aliphatic carbocycles. The molecule has 7 nitrogen and oxygen atoms in total. The van der Waals surface area contributed by atoms with E-state index in [1.807, 2.05) is 6.07 Å². The van der Waals surface area contributed by atoms with Crippen molar-refractivity contribution < 1.29 is 9.59 Å². The van der Waals surface area contributed by atoms with Crippen LogP contribution in [-0.2, 0) is 4.79 Å². The quantitative estimate of drug-likeness (QED) is 0.798. The smallest absolute Gasteiger partial charge is 0.319 e. The van der Waals surface area contributed by atoms with Crippen molar-refractivity contribution >= 4 is 23.4 Å². The van der Waals surface area contributed by atoms with Crippen molar-refractivity contribution in [1.29, 1.82) is 5.26 Å². The van der Waals surface area contributed by atoms with Gasteiger partial charge in [0.25, 0.3) is 0 Å². The number of hydrogen-bond acceptors (Lipinski definition) is 4. The second kappa shape index (κ2) is 7.40. The van der Waals surface area contributed by atoms with Gasteiger partial charge in [-0.2, -0.15) is 5.26 Å². The summed E-state index contributed by atoms with van der Waals surface area (Å²) in [5.41, 5.74) is 1.03. The van der Waals surface area contributed by atoms with Gasteiger partial charge in [-0.25, -0.2) is 9.78 Å². The molecule has 1 aromatic heterocycles. The van der Waals surface area contributed by atoms with E-state index in [2.05, 4.69) is 20.9 Å². The molecule has 0 saturated carbocycles. The number of amides is 3. The number of aromatic nitrogens is 1. The number of pyridine rings is 1. The molecule has 0 aliphatic heterocycles. The van der Waals surface area contributed by atoms with Gasteiger partial charge in [0, 0.05) is 11.9 Å². The summed E-state index contributed by atoms with van der Waals surface area (Å²) in [6.07, 6.45) is 1.56. The Morgan fingerprint density at radius 2 is 1.86 bits per heavy atom. The van der Waals surface area contributed by atoms with Crippen molar-refractivity contribution in [2.45, 2.75) is 0 Å². The van der Waals surface area contributed by atoms with Gasteiger partial charge in [0.15, 0.2) is 0 Å². The Morgan fingerprint density at radius 3 is 2.50 bits per heavy atom. The predicted molar refractivity (Wildman–Crippen MR) is 81.0 cm³/mol. The third-order valence-corrected chi connectivity index (χ3v) is 2.61. The lowest BCUT2D eigenvalue weighted by Gasteiger charge is -2.08. The molecular formula is C15H13N5O2. The molecule has 2 rings (SSSR count). The number of anilines is 2. The Morgan fingerprint density at radius 1 is 1.09 bits per heavy atom. The molecule has 0 atom stereocenters. The topological polar surface area (TPSA) is 107 Å². The SMILES string of the molecule is N#Cc1ccc(NC(=O)NCC(=O)Nc2ccccn2)cc1. The molecule has 0 radical (unpaired) electrons. The number of carbonyl (C=O) groups excluding carboxylic acids is 2. The van der Waals surface area contributed by atoms with Crippen molar-refractivity contribution in [2.75, 3.05) is 17.2 Å². The Kier molecular flexibility index (Phi) is 5.04. The maximum absolute atomic E-state index is 11.6. The molecule has 1 heterocycles. The number of rotatable bonds is 4. The molecular weight excluding hydrogens is 282 g/mol. The van der Waals surface area contributed by atoms with Crippen LogP contribution in [0.5, 0.6) is 0 Å². The number of benzene rings is 1. The second-order valence-corrected chi connectivity index (χ2v) is 4.26. The summed E-state index contributed by atoms with van der Waals surface area (Å²) in [4.78, 5) is 27.2. The standard InChI is InChI=1S/C15H13N5O2/c16-9-11-4-6-12(7-5-11)19-15(22)18-10-14(21)20-13-3-1-2-8-17-13/h1-8H,10H2,(H,17,20,21)(H2,18,19,22). The lowest BCUT2D eigenvalue weighted by molar-refractivity contribution is -0.115. The van der Waals surface area contributed by atoms with Gasteiger partial charge in [-0.05, 0) is 36.4 Å². The van der Waals surface area contributed by atoms with E-state index in [1.165, 1.54) is 0 Å². The molecule has 0 unspecified atom stereocenters. The summed E-state index contributed by atoms with van der Waals surface area (Å²) in [6.45, 7) is -0.182. The van der Waals surface area contributed by atoms with Gasteiger partial charge < -0.3 is 16.0 Å². The van der Waals surface area contributed by atoms with Crippen LogP contribution >= 0.6 is 0 Å². The summed E-state index contributed by atoms with van der Waals surface area (Å²) >= 11 is 0. The van der Waals surface area contributed by atoms with Crippen molar-refractivity contribution in [1.82, 2.24) is 10.3 Å². The minimum atomic E-state index is -0.513. The summed E-state index contributed by atoms with van der Waals surface area (Å²) < 4.78 is 0. The lowest BCUT2D eigenvalue weighted by atomic mass is 10.2. The number of hydrogen-bond donors (Lipinski definition) is 3. The lowest BCUT2D eigenvalue weighted by Crippen LogP contribution is -2.35. The molecule has 1 aromatic carbocycles. The van der Waals surface area contributed by atoms with Gasteiger partial charge in [-0.1, -0.05) is 6.07 Å². The number of nitrogens with one attached hydrogen (secondary N) is 3. The molecule has 110 valence electrons. The molecule has 0 bridgehead atoms. The molecule has 0 aliphatic rings. The van der Waals surface area contributed by atoms with Gasteiger partial charge >= 0.3 is 6.03 Å². The molecule has 3 N–H and O–H groups in total. The first-order chi connectivity index (χ1) is 10.7. The molecule has 22 heavy (non-hydrogen) atoms. The molecule has 7 heteroatoms. The van der Waals surface area contributed by atoms with E-state index in [1.54, 1.807) is 48.7 Å². The van der Waals surface area contributed by atoms with E-state index in [-0.39, 0.29) is 12.5 Å². The van der Waals surface area contributed by atoms with Crippen molar-refractivity contribution in [2.24, 2.45) is 0 Å². The van der Waals surface area contributed by atoms with Crippen molar-refractivity contribution in [3.05, 3.63) is 54.2 Å². The first-order valence-electron chi connectivity index (χ1n) is 6.43. The minimum absolute atomic E-state index is 0.182. The van der Waals surface area contributed by atoms with E-state index in [4.69, 9.17) is 5.26 Å². The van der Waals surface area contributed by atoms with Crippen LogP contribution in [0, 0.1) is 11.3 Å². The van der Waals surface area contributed by atoms with Crippen LogP contribution in [0.2, 0.25) is 0 Å². The van der Waals surface area contributed by atoms with Gasteiger partial charge in [-0.3, -0.25) is 4.79 Å². The Bertz CT molecular complexity index is 692. The van der Waals surface area contributed by atoms with Crippen LogP contribution in [-0.4, -0.2) is 23.5 Å². The van der Waals surface area contributed by atoms with Gasteiger partial charge in [0.1, 0.15) is 5.82 Å². The molecule has 0 spiro atoms. The number of urea groups is 1. The third kappa shape index (κ3) is 4.61. The highest BCUT2D eigenvalue weighted by atomic mass is 16.2. The maximum atomic E-state index is 11.6. The summed E-state index contributed by atoms with van der Waals surface area (Å²) in [5.74, 6) is 0.0375. The largest absolute Gasteiger partial charge is 0.329 e. The Labute approximate surface area is 127 Å². The average Bonchev–Trinajstić information content (AvgIpc) is 2.55. The van der Waals surface area contributed by atoms with E-state index in [9.17, 15) is 9.59 Å². The van der Waals surface area contributed by atoms with Gasteiger partial charge in [0.2, 0.25) is 5.91 Å². The van der Waals surface area contributed by atoms with Crippen LogP contribution in [0.15, 0.2) is 48.7 Å². The molecule has 3 amide bonds. The minimum Gasteiger partial charge on any atom is -0.329 e. The predicted octanol–water partition coefficient (Wildman–Crippen LogP) is 1.71. The zero-order valence-electron chi connectivity index (χ0n) is 11.5. The van der Waals surface area contributed by atoms with Crippen LogP contribution in [0.4, 0.5) is 16.3 Å².